The van der Waals surface area contributed by atoms with Crippen molar-refractivity contribution in [3.63, 3.8) is 0 Å². The van der Waals surface area contributed by atoms with E-state index in [-0.39, 0.29) is 5.92 Å². The fourth-order valence-electron chi connectivity index (χ4n) is 3.62. The average Bonchev–Trinajstić information content (AvgIpc) is 3.12. The Kier molecular flexibility index (Phi) is 4.99. The van der Waals surface area contributed by atoms with Gasteiger partial charge in [-0.25, -0.2) is 4.98 Å². The van der Waals surface area contributed by atoms with Crippen molar-refractivity contribution in [1.82, 2.24) is 4.98 Å². The molecule has 0 fully saturated rings. The molecule has 1 aromatic heterocycles. The molecule has 2 aromatic carbocycles. The molecule has 140 valence electrons. The maximum Gasteiger partial charge on any atom is 0.128 e. The summed E-state index contributed by atoms with van der Waals surface area (Å²) in [6.07, 6.45) is 2.11. The predicted molar refractivity (Wildman–Crippen MR) is 113 cm³/mol. The van der Waals surface area contributed by atoms with E-state index >= 15 is 0 Å². The van der Waals surface area contributed by atoms with Crippen LogP contribution < -0.4 is 20.5 Å². The molecule has 5 nitrogen and oxygen atoms in total. The first-order chi connectivity index (χ1) is 13.2. The average molecular weight is 382 g/mol. The minimum absolute atomic E-state index is 0.00676. The highest BCUT2D eigenvalue weighted by molar-refractivity contribution is 7.98. The van der Waals surface area contributed by atoms with Crippen molar-refractivity contribution in [3.8, 4) is 11.5 Å². The number of rotatable bonds is 6. The lowest BCUT2D eigenvalue weighted by molar-refractivity contribution is 0.343. The van der Waals surface area contributed by atoms with Crippen molar-refractivity contribution >= 4 is 34.2 Å². The number of ether oxygens (including phenoxy) is 2. The van der Waals surface area contributed by atoms with Gasteiger partial charge in [-0.15, -0.1) is 0 Å². The first-order valence-corrected chi connectivity index (χ1v) is 10.3. The smallest absolute Gasteiger partial charge is 0.128 e. The van der Waals surface area contributed by atoms with Gasteiger partial charge in [-0.2, -0.15) is 11.8 Å². The Labute approximate surface area is 163 Å². The Morgan fingerprint density at radius 3 is 2.96 bits per heavy atom. The molecule has 1 atom stereocenters. The maximum absolute atomic E-state index is 6.36. The van der Waals surface area contributed by atoms with Crippen LogP contribution in [-0.4, -0.2) is 37.3 Å². The van der Waals surface area contributed by atoms with Gasteiger partial charge < -0.3 is 20.5 Å². The quantitative estimate of drug-likeness (QED) is 0.626. The SMILES string of the molecule is COc1cccc2c1C(c1cc3c(NCCSC)cccc3nc1N)CO2. The lowest BCUT2D eigenvalue weighted by atomic mass is 9.91. The number of nitrogen functional groups attached to an aromatic ring is 1. The van der Waals surface area contributed by atoms with Gasteiger partial charge in [0.05, 0.1) is 25.2 Å². The van der Waals surface area contributed by atoms with Gasteiger partial charge in [0.15, 0.2) is 0 Å². The molecule has 27 heavy (non-hydrogen) atoms. The Morgan fingerprint density at radius 1 is 1.30 bits per heavy atom. The van der Waals surface area contributed by atoms with Crippen molar-refractivity contribution in [1.29, 1.82) is 0 Å². The number of anilines is 2. The minimum atomic E-state index is 0.00676. The van der Waals surface area contributed by atoms with E-state index in [1.165, 1.54) is 0 Å². The zero-order valence-electron chi connectivity index (χ0n) is 15.5. The summed E-state index contributed by atoms with van der Waals surface area (Å²) in [5, 5.41) is 4.59. The molecule has 3 N–H and O–H groups in total. The van der Waals surface area contributed by atoms with Gasteiger partial charge in [0.2, 0.25) is 0 Å². The van der Waals surface area contributed by atoms with Crippen LogP contribution in [0.5, 0.6) is 11.5 Å². The second-order valence-electron chi connectivity index (χ2n) is 6.49. The number of pyridine rings is 1. The van der Waals surface area contributed by atoms with E-state index in [0.29, 0.717) is 12.4 Å². The monoisotopic (exact) mass is 381 g/mol. The molecule has 3 aromatic rings. The maximum atomic E-state index is 6.36. The summed E-state index contributed by atoms with van der Waals surface area (Å²) in [6.45, 7) is 1.44. The minimum Gasteiger partial charge on any atom is -0.496 e. The zero-order chi connectivity index (χ0) is 18.8. The molecule has 6 heteroatoms. The van der Waals surface area contributed by atoms with Crippen molar-refractivity contribution in [3.05, 3.63) is 53.6 Å². The molecule has 1 aliphatic rings. The second-order valence-corrected chi connectivity index (χ2v) is 7.48. The van der Waals surface area contributed by atoms with Crippen molar-refractivity contribution < 1.29 is 9.47 Å². The number of thioether (sulfide) groups is 1. The zero-order valence-corrected chi connectivity index (χ0v) is 16.3. The van der Waals surface area contributed by atoms with E-state index in [2.05, 4.69) is 28.7 Å². The lowest BCUT2D eigenvalue weighted by Gasteiger charge is -2.17. The van der Waals surface area contributed by atoms with Gasteiger partial charge >= 0.3 is 0 Å². The number of nitrogens with zero attached hydrogens (tertiary/aromatic N) is 1. The lowest BCUT2D eigenvalue weighted by Crippen LogP contribution is -2.10. The van der Waals surface area contributed by atoms with Crippen LogP contribution in [0.2, 0.25) is 0 Å². The highest BCUT2D eigenvalue weighted by Gasteiger charge is 2.31. The van der Waals surface area contributed by atoms with Gasteiger partial charge in [-0.1, -0.05) is 12.1 Å². The number of fused-ring (bicyclic) bond motifs is 2. The van der Waals surface area contributed by atoms with Crippen LogP contribution in [0.25, 0.3) is 10.9 Å². The van der Waals surface area contributed by atoms with Crippen LogP contribution in [0.3, 0.4) is 0 Å². The van der Waals surface area contributed by atoms with Gasteiger partial charge in [-0.3, -0.25) is 0 Å². The van der Waals surface area contributed by atoms with Crippen LogP contribution in [-0.2, 0) is 0 Å². The van der Waals surface area contributed by atoms with E-state index < -0.39 is 0 Å². The van der Waals surface area contributed by atoms with Gasteiger partial charge in [0.1, 0.15) is 17.3 Å². The van der Waals surface area contributed by atoms with E-state index in [1.807, 2.05) is 42.1 Å². The number of nitrogens with one attached hydrogen (secondary N) is 1. The topological polar surface area (TPSA) is 69.4 Å². The van der Waals surface area contributed by atoms with Crippen molar-refractivity contribution in [2.24, 2.45) is 0 Å². The molecular weight excluding hydrogens is 358 g/mol. The Hall–Kier alpha value is -2.60. The summed E-state index contributed by atoms with van der Waals surface area (Å²) in [5.41, 5.74) is 10.3. The van der Waals surface area contributed by atoms with E-state index in [4.69, 9.17) is 15.2 Å². The van der Waals surface area contributed by atoms with Gasteiger partial charge in [-0.05, 0) is 36.6 Å². The van der Waals surface area contributed by atoms with E-state index in [0.717, 1.165) is 51.5 Å². The van der Waals surface area contributed by atoms with Crippen LogP contribution in [0.15, 0.2) is 42.5 Å². The second kappa shape index (κ2) is 7.56. The van der Waals surface area contributed by atoms with Crippen LogP contribution in [0, 0.1) is 0 Å². The summed E-state index contributed by atoms with van der Waals surface area (Å²) in [5.74, 6) is 3.27. The van der Waals surface area contributed by atoms with Crippen LogP contribution in [0.1, 0.15) is 17.0 Å². The van der Waals surface area contributed by atoms with E-state index in [9.17, 15) is 0 Å². The first-order valence-electron chi connectivity index (χ1n) is 8.94. The highest BCUT2D eigenvalue weighted by Crippen LogP contribution is 2.45. The molecule has 0 bridgehead atoms. The molecule has 0 spiro atoms. The summed E-state index contributed by atoms with van der Waals surface area (Å²) in [7, 11) is 1.68. The third-order valence-corrected chi connectivity index (χ3v) is 5.53. The number of hydrogen-bond donors (Lipinski definition) is 2. The van der Waals surface area contributed by atoms with Gasteiger partial charge in [0, 0.05) is 34.5 Å². The number of aromatic nitrogens is 1. The fourth-order valence-corrected chi connectivity index (χ4v) is 3.93. The normalized spacial score (nSPS) is 15.4. The molecule has 1 unspecified atom stereocenters. The molecule has 0 radical (unpaired) electrons. The molecule has 0 saturated heterocycles. The molecule has 0 amide bonds. The number of nitrogens with two attached hydrogens (primary N) is 1. The molecule has 1 aliphatic heterocycles. The summed E-state index contributed by atoms with van der Waals surface area (Å²) in [4.78, 5) is 4.67. The predicted octanol–water partition coefficient (Wildman–Crippen LogP) is 4.12. The summed E-state index contributed by atoms with van der Waals surface area (Å²) in [6, 6.07) is 14.1. The Balaban J connectivity index is 1.80. The van der Waals surface area contributed by atoms with E-state index in [1.54, 1.807) is 7.11 Å². The standard InChI is InChI=1S/C21H23N3O2S/c1-25-18-7-4-8-19-20(18)15(12-26-19)13-11-14-16(23-9-10-27-2)5-3-6-17(14)24-21(13)22/h3-8,11,15,23H,9-10,12H2,1-2H3,(H2,22,24). The van der Waals surface area contributed by atoms with Crippen LogP contribution in [0.4, 0.5) is 11.5 Å². The molecular formula is C21H23N3O2S. The summed E-state index contributed by atoms with van der Waals surface area (Å²) >= 11 is 1.82. The summed E-state index contributed by atoms with van der Waals surface area (Å²) < 4.78 is 11.5. The van der Waals surface area contributed by atoms with Gasteiger partial charge in [0.25, 0.3) is 0 Å². The van der Waals surface area contributed by atoms with Crippen molar-refractivity contribution in [2.45, 2.75) is 5.92 Å². The van der Waals surface area contributed by atoms with Crippen LogP contribution >= 0.6 is 11.8 Å². The number of hydrogen-bond acceptors (Lipinski definition) is 6. The molecule has 0 aliphatic carbocycles. The first kappa shape index (κ1) is 17.8. The molecule has 2 heterocycles. The van der Waals surface area contributed by atoms with Crippen molar-refractivity contribution in [2.75, 3.05) is 43.3 Å². The molecule has 4 rings (SSSR count). The number of benzene rings is 2. The Morgan fingerprint density at radius 2 is 2.15 bits per heavy atom. The highest BCUT2D eigenvalue weighted by atomic mass is 32.2. The number of methoxy groups -OCH3 is 1. The molecule has 0 saturated carbocycles. The third kappa shape index (κ3) is 3.25. The third-order valence-electron chi connectivity index (χ3n) is 4.92. The largest absolute Gasteiger partial charge is 0.496 e. The fraction of sp³-hybridized carbons (Fsp3) is 0.286. The Bertz CT molecular complexity index is 977.